The molecule has 0 atom stereocenters. The fourth-order valence-corrected chi connectivity index (χ4v) is 7.93. The monoisotopic (exact) mass is 793 g/mol. The molecule has 54 heavy (non-hydrogen) atoms. The first kappa shape index (κ1) is 36.6. The van der Waals surface area contributed by atoms with E-state index in [1.807, 2.05) is 55.8 Å². The van der Waals surface area contributed by atoms with Crippen molar-refractivity contribution in [3.8, 4) is 11.1 Å². The molecule has 6 aromatic heterocycles. The van der Waals surface area contributed by atoms with Crippen LogP contribution in [0, 0.1) is 5.41 Å². The van der Waals surface area contributed by atoms with Gasteiger partial charge in [-0.05, 0) is 76.0 Å². The first-order chi connectivity index (χ1) is 25.7. The Morgan fingerprint density at radius 2 is 1.44 bits per heavy atom. The van der Waals surface area contributed by atoms with Crippen LogP contribution in [-0.4, -0.2) is 50.7 Å². The molecule has 6 aromatic rings. The number of amides is 1. The van der Waals surface area contributed by atoms with Gasteiger partial charge in [0.15, 0.2) is 11.6 Å². The minimum atomic E-state index is -0.144. The van der Waals surface area contributed by atoms with Crippen molar-refractivity contribution in [2.75, 3.05) is 22.1 Å². The van der Waals surface area contributed by atoms with Gasteiger partial charge >= 0.3 is 0 Å². The van der Waals surface area contributed by atoms with Crippen molar-refractivity contribution in [2.24, 2.45) is 33.6 Å². The first-order valence-corrected chi connectivity index (χ1v) is 18.6. The third kappa shape index (κ3) is 7.15. The van der Waals surface area contributed by atoms with Crippen molar-refractivity contribution in [3.05, 3.63) is 115 Å². The molecule has 14 nitrogen and oxygen atoms in total. The normalized spacial score (nSPS) is 14.4. The molecule has 2 aliphatic rings. The maximum Gasteiger partial charge on any atom is 0.276 e. The lowest BCUT2D eigenvalue weighted by molar-refractivity contribution is 0.0963. The largest absolute Gasteiger partial charge is 0.339 e. The average Bonchev–Trinajstić information content (AvgIpc) is 3.89. The zero-order valence-corrected chi connectivity index (χ0v) is 33.1. The van der Waals surface area contributed by atoms with Crippen molar-refractivity contribution in [2.45, 2.75) is 46.6 Å². The highest BCUT2D eigenvalue weighted by Gasteiger charge is 2.37. The van der Waals surface area contributed by atoms with Gasteiger partial charge in [-0.3, -0.25) is 28.6 Å². The molecule has 0 saturated heterocycles. The number of carbonyl (C=O) groups excluding carboxylic acids is 1. The Kier molecular flexibility index (Phi) is 9.68. The minimum Gasteiger partial charge on any atom is -0.339 e. The SMILES string of the molecule is CCc1c(-c2cc(Nc3ccn(C)n3)c(=O)n(C)c2)ccnc1N1CCn2c(cc3c2CC(C)(C)C3)C1=O.Cn1ccc(Nc2cc(Br)cn(C)c2=O)n1. The van der Waals surface area contributed by atoms with Gasteiger partial charge in [-0.15, -0.1) is 0 Å². The molecule has 0 saturated carbocycles. The van der Waals surface area contributed by atoms with E-state index in [0.717, 1.165) is 46.2 Å². The number of halogens is 1. The van der Waals surface area contributed by atoms with E-state index in [0.29, 0.717) is 41.8 Å². The molecule has 0 spiro atoms. The second-order valence-corrected chi connectivity index (χ2v) is 15.6. The zero-order chi connectivity index (χ0) is 38.5. The van der Waals surface area contributed by atoms with Crippen LogP contribution in [0.1, 0.15) is 48.1 Å². The van der Waals surface area contributed by atoms with Crippen LogP contribution in [-0.2, 0) is 54.0 Å². The summed E-state index contributed by atoms with van der Waals surface area (Å²) >= 11 is 3.34. The predicted molar refractivity (Wildman–Crippen MR) is 214 cm³/mol. The smallest absolute Gasteiger partial charge is 0.276 e. The maximum absolute atomic E-state index is 13.8. The highest BCUT2D eigenvalue weighted by molar-refractivity contribution is 9.10. The number of fused-ring (bicyclic) bond motifs is 3. The van der Waals surface area contributed by atoms with Crippen LogP contribution in [0.2, 0.25) is 0 Å². The summed E-state index contributed by atoms with van der Waals surface area (Å²) in [6.07, 6.45) is 11.6. The summed E-state index contributed by atoms with van der Waals surface area (Å²) in [5.74, 6) is 1.94. The summed E-state index contributed by atoms with van der Waals surface area (Å²) < 4.78 is 9.50. The topological polar surface area (TPSA) is 142 Å². The fourth-order valence-electron chi connectivity index (χ4n) is 7.39. The number of hydrogen-bond donors (Lipinski definition) is 2. The van der Waals surface area contributed by atoms with Crippen LogP contribution < -0.4 is 26.7 Å². The Morgan fingerprint density at radius 3 is 2.06 bits per heavy atom. The van der Waals surface area contributed by atoms with E-state index in [2.05, 4.69) is 68.2 Å². The average molecular weight is 795 g/mol. The Bertz CT molecular complexity index is 2520. The molecule has 2 N–H and O–H groups in total. The zero-order valence-electron chi connectivity index (χ0n) is 31.5. The molecule has 1 aliphatic carbocycles. The molecule has 7 heterocycles. The molecule has 0 aromatic carbocycles. The molecule has 0 radical (unpaired) electrons. The van der Waals surface area contributed by atoms with Gasteiger partial charge in [0.1, 0.15) is 22.9 Å². The van der Waals surface area contributed by atoms with Crippen molar-refractivity contribution >= 4 is 50.7 Å². The van der Waals surface area contributed by atoms with Gasteiger partial charge in [0.05, 0.1) is 0 Å². The summed E-state index contributed by atoms with van der Waals surface area (Å²) in [5.41, 5.74) is 7.14. The third-order valence-electron chi connectivity index (χ3n) is 9.86. The van der Waals surface area contributed by atoms with Gasteiger partial charge in [0.25, 0.3) is 17.0 Å². The second kappa shape index (κ2) is 14.3. The highest BCUT2D eigenvalue weighted by Crippen LogP contribution is 2.40. The molecule has 0 bridgehead atoms. The molecule has 1 aliphatic heterocycles. The molecule has 1 amide bonds. The number of pyridine rings is 3. The summed E-state index contributed by atoms with van der Waals surface area (Å²) in [7, 11) is 7.10. The van der Waals surface area contributed by atoms with Crippen molar-refractivity contribution in [1.29, 1.82) is 0 Å². The number of hydrogen-bond acceptors (Lipinski definition) is 8. The number of carbonyl (C=O) groups is 1. The fraction of sp³-hybridized carbons (Fsp3) is 0.333. The second-order valence-electron chi connectivity index (χ2n) is 14.7. The minimum absolute atomic E-state index is 0.000718. The van der Waals surface area contributed by atoms with Crippen LogP contribution in [0.4, 0.5) is 28.8 Å². The highest BCUT2D eigenvalue weighted by atomic mass is 79.9. The number of nitrogens with one attached hydrogen (secondary N) is 2. The molecular formula is C39H44BrN11O3. The van der Waals surface area contributed by atoms with E-state index in [-0.39, 0.29) is 22.4 Å². The molecule has 15 heteroatoms. The number of rotatable bonds is 7. The number of aryl methyl sites for hydroxylation is 4. The molecule has 0 unspecified atom stereocenters. The summed E-state index contributed by atoms with van der Waals surface area (Å²) in [4.78, 5) is 45.0. The van der Waals surface area contributed by atoms with E-state index in [9.17, 15) is 14.4 Å². The van der Waals surface area contributed by atoms with Gasteiger partial charge < -0.3 is 24.3 Å². The Hall–Kier alpha value is -5.70. The Morgan fingerprint density at radius 1 is 0.815 bits per heavy atom. The van der Waals surface area contributed by atoms with E-state index >= 15 is 0 Å². The van der Waals surface area contributed by atoms with Crippen LogP contribution in [0.15, 0.2) is 81.4 Å². The van der Waals surface area contributed by atoms with Crippen molar-refractivity contribution < 1.29 is 4.79 Å². The van der Waals surface area contributed by atoms with Gasteiger partial charge in [0.2, 0.25) is 0 Å². The molecule has 280 valence electrons. The standard InChI is InChI=1S/C29H33N7O2.C10H11BrN4O/c1-6-20-21(19-13-22(27(37)33(4)17-19)31-25-8-10-34(5)32-25)7-9-30-26(20)36-12-11-35-23(28(36)38)14-18-15-29(2,3)16-24(18)35;1-14-6-7(11)5-8(10(14)16)12-9-3-4-15(2)13-9/h7-10,13-14,17H,6,11-12,15-16H2,1-5H3,(H,31,32);3-6H,1-2H3,(H,12,13). The quantitative estimate of drug-likeness (QED) is 0.210. The van der Waals surface area contributed by atoms with E-state index in [1.165, 1.54) is 15.8 Å². The summed E-state index contributed by atoms with van der Waals surface area (Å²) in [5, 5.41) is 14.6. The lowest BCUT2D eigenvalue weighted by Gasteiger charge is -2.31. The van der Waals surface area contributed by atoms with Crippen molar-refractivity contribution in [1.82, 2.24) is 38.2 Å². The third-order valence-corrected chi connectivity index (χ3v) is 10.3. The van der Waals surface area contributed by atoms with E-state index < -0.39 is 0 Å². The number of anilines is 5. The predicted octanol–water partition coefficient (Wildman–Crippen LogP) is 5.70. The summed E-state index contributed by atoms with van der Waals surface area (Å²) in [6, 6.07) is 11.3. The van der Waals surface area contributed by atoms with E-state index in [4.69, 9.17) is 4.98 Å². The molecule has 0 fully saturated rings. The lowest BCUT2D eigenvalue weighted by Crippen LogP contribution is -2.41. The van der Waals surface area contributed by atoms with E-state index in [1.54, 1.807) is 52.6 Å². The maximum atomic E-state index is 13.8. The van der Waals surface area contributed by atoms with Crippen LogP contribution in [0.3, 0.4) is 0 Å². The number of aromatic nitrogens is 8. The molecule has 8 rings (SSSR count). The van der Waals surface area contributed by atoms with Crippen molar-refractivity contribution in [3.63, 3.8) is 0 Å². The van der Waals surface area contributed by atoms with Gasteiger partial charge in [-0.1, -0.05) is 20.8 Å². The van der Waals surface area contributed by atoms with Crippen LogP contribution in [0.5, 0.6) is 0 Å². The van der Waals surface area contributed by atoms with Gasteiger partial charge in [0, 0.05) is 106 Å². The Labute approximate surface area is 321 Å². The van der Waals surface area contributed by atoms with Gasteiger partial charge in [-0.25, -0.2) is 4.98 Å². The Balaban J connectivity index is 0.000000235. The van der Waals surface area contributed by atoms with Crippen LogP contribution >= 0.6 is 15.9 Å². The van der Waals surface area contributed by atoms with Gasteiger partial charge in [-0.2, -0.15) is 10.2 Å². The lowest BCUT2D eigenvalue weighted by atomic mass is 9.90. The number of nitrogens with zero attached hydrogens (tertiary/aromatic N) is 9. The van der Waals surface area contributed by atoms with Crippen LogP contribution in [0.25, 0.3) is 11.1 Å². The molecular weight excluding hydrogens is 750 g/mol. The summed E-state index contributed by atoms with van der Waals surface area (Å²) in [6.45, 7) is 8.00. The first-order valence-electron chi connectivity index (χ1n) is 17.8.